The summed E-state index contributed by atoms with van der Waals surface area (Å²) in [6.07, 6.45) is 0.994. The lowest BCUT2D eigenvalue weighted by atomic mass is 9.94. The average molecular weight is 284 g/mol. The molecule has 0 aliphatic rings. The van der Waals surface area contributed by atoms with Crippen molar-refractivity contribution in [3.05, 3.63) is 65.2 Å². The molecule has 0 unspecified atom stereocenters. The molecule has 0 fully saturated rings. The van der Waals surface area contributed by atoms with Gasteiger partial charge in [-0.15, -0.1) is 0 Å². The van der Waals surface area contributed by atoms with Gasteiger partial charge in [-0.3, -0.25) is 9.78 Å². The molecule has 2 aromatic rings. The first-order valence-electron chi connectivity index (χ1n) is 6.29. The van der Waals surface area contributed by atoms with Crippen LogP contribution in [0.2, 0.25) is 0 Å². The van der Waals surface area contributed by atoms with Crippen LogP contribution in [-0.2, 0) is 11.3 Å². The van der Waals surface area contributed by atoms with Crippen LogP contribution in [-0.4, -0.2) is 17.9 Å². The second kappa shape index (κ2) is 6.73. The number of pyridine rings is 1. The minimum Gasteiger partial charge on any atom is -0.380 e. The van der Waals surface area contributed by atoms with Crippen LogP contribution < -0.4 is 0 Å². The van der Waals surface area contributed by atoms with E-state index >= 15 is 0 Å². The second-order valence-electron chi connectivity index (χ2n) is 4.46. The Bertz CT molecular complexity index is 677. The fourth-order valence-electron chi connectivity index (χ4n) is 1.96. The van der Waals surface area contributed by atoms with E-state index in [-0.39, 0.29) is 11.5 Å². The highest BCUT2D eigenvalue weighted by Gasteiger charge is 2.23. The fourth-order valence-corrected chi connectivity index (χ4v) is 1.96. The molecule has 5 heteroatoms. The first kappa shape index (κ1) is 14.8. The van der Waals surface area contributed by atoms with Crippen molar-refractivity contribution in [2.24, 2.45) is 0 Å². The van der Waals surface area contributed by atoms with Crippen LogP contribution in [0, 0.1) is 17.1 Å². The van der Waals surface area contributed by atoms with E-state index in [0.29, 0.717) is 12.2 Å². The number of aromatic nitrogens is 1. The maximum Gasteiger partial charge on any atom is 0.186 e. The zero-order chi connectivity index (χ0) is 15.2. The number of benzene rings is 1. The van der Waals surface area contributed by atoms with Gasteiger partial charge in [-0.1, -0.05) is 18.2 Å². The Hall–Kier alpha value is -2.58. The van der Waals surface area contributed by atoms with Crippen LogP contribution in [0.5, 0.6) is 0 Å². The molecule has 0 amide bonds. The van der Waals surface area contributed by atoms with Gasteiger partial charge < -0.3 is 4.74 Å². The van der Waals surface area contributed by atoms with Crippen molar-refractivity contribution in [1.29, 1.82) is 5.26 Å². The molecule has 106 valence electrons. The van der Waals surface area contributed by atoms with E-state index < -0.39 is 11.7 Å². The zero-order valence-electron chi connectivity index (χ0n) is 11.4. The maximum atomic E-state index is 12.9. The van der Waals surface area contributed by atoms with Crippen molar-refractivity contribution in [2.45, 2.75) is 12.5 Å². The van der Waals surface area contributed by atoms with Crippen LogP contribution in [0.1, 0.15) is 27.5 Å². The molecule has 1 aromatic heterocycles. The van der Waals surface area contributed by atoms with Crippen LogP contribution in [0.4, 0.5) is 4.39 Å². The molecule has 0 saturated carbocycles. The Balaban J connectivity index is 2.30. The van der Waals surface area contributed by atoms with Crippen LogP contribution in [0.25, 0.3) is 0 Å². The molecule has 0 spiro atoms. The van der Waals surface area contributed by atoms with E-state index in [4.69, 9.17) is 4.74 Å². The summed E-state index contributed by atoms with van der Waals surface area (Å²) < 4.78 is 17.9. The molecule has 0 radical (unpaired) electrons. The normalized spacial score (nSPS) is 11.7. The third kappa shape index (κ3) is 3.50. The highest BCUT2D eigenvalue weighted by molar-refractivity contribution is 6.02. The Kier molecular flexibility index (Phi) is 4.75. The number of hydrogen-bond acceptors (Lipinski definition) is 4. The molecule has 0 aliphatic heterocycles. The minimum absolute atomic E-state index is 0.237. The van der Waals surface area contributed by atoms with Crippen molar-refractivity contribution < 1.29 is 13.9 Å². The van der Waals surface area contributed by atoms with E-state index in [1.54, 1.807) is 25.3 Å². The lowest BCUT2D eigenvalue weighted by Crippen LogP contribution is -2.13. The molecule has 0 saturated heterocycles. The summed E-state index contributed by atoms with van der Waals surface area (Å²) in [4.78, 5) is 16.2. The van der Waals surface area contributed by atoms with Gasteiger partial charge in [-0.25, -0.2) is 4.39 Å². The molecular weight excluding hydrogens is 271 g/mol. The van der Waals surface area contributed by atoms with Gasteiger partial charge in [-0.05, 0) is 23.8 Å². The van der Waals surface area contributed by atoms with Gasteiger partial charge in [0.1, 0.15) is 5.82 Å². The van der Waals surface area contributed by atoms with Crippen molar-refractivity contribution >= 4 is 5.78 Å². The number of nitriles is 1. The standard InChI is InChI=1S/C16H13FN2O2/c1-21-10-11-3-2-4-12(7-11)16(20)14(8-18)15-6-5-13(17)9-19-15/h2-7,9,14H,10H2,1H3/t14-/m0/s1. The number of ketones is 1. The van der Waals surface area contributed by atoms with Crippen molar-refractivity contribution in [1.82, 2.24) is 4.98 Å². The van der Waals surface area contributed by atoms with Gasteiger partial charge >= 0.3 is 0 Å². The SMILES string of the molecule is COCc1cccc(C(=O)[C@@H](C#N)c2ccc(F)cn2)c1. The Morgan fingerprint density at radius 1 is 1.43 bits per heavy atom. The quantitative estimate of drug-likeness (QED) is 0.792. The number of carbonyl (C=O) groups excluding carboxylic acids is 1. The van der Waals surface area contributed by atoms with E-state index in [1.807, 2.05) is 12.1 Å². The average Bonchev–Trinajstić information content (AvgIpc) is 2.50. The number of nitrogens with zero attached hydrogens (tertiary/aromatic N) is 2. The molecule has 0 aliphatic carbocycles. The lowest BCUT2D eigenvalue weighted by molar-refractivity contribution is 0.0977. The van der Waals surface area contributed by atoms with Crippen molar-refractivity contribution in [3.63, 3.8) is 0 Å². The van der Waals surface area contributed by atoms with Crippen molar-refractivity contribution in [2.75, 3.05) is 7.11 Å². The van der Waals surface area contributed by atoms with Gasteiger partial charge in [0, 0.05) is 12.7 Å². The molecule has 1 aromatic carbocycles. The van der Waals surface area contributed by atoms with Crippen molar-refractivity contribution in [3.8, 4) is 6.07 Å². The molecular formula is C16H13FN2O2. The number of carbonyl (C=O) groups is 1. The summed E-state index contributed by atoms with van der Waals surface area (Å²) in [5.41, 5.74) is 1.48. The smallest absolute Gasteiger partial charge is 0.186 e. The minimum atomic E-state index is -1.05. The molecule has 4 nitrogen and oxygen atoms in total. The van der Waals surface area contributed by atoms with Gasteiger partial charge in [-0.2, -0.15) is 5.26 Å². The second-order valence-corrected chi connectivity index (χ2v) is 4.46. The predicted octanol–water partition coefficient (Wildman–Crippen LogP) is 2.86. The van der Waals surface area contributed by atoms with E-state index in [2.05, 4.69) is 4.98 Å². The zero-order valence-corrected chi connectivity index (χ0v) is 11.4. The van der Waals surface area contributed by atoms with E-state index in [0.717, 1.165) is 11.8 Å². The highest BCUT2D eigenvalue weighted by atomic mass is 19.1. The third-order valence-electron chi connectivity index (χ3n) is 2.96. The lowest BCUT2D eigenvalue weighted by Gasteiger charge is -2.09. The van der Waals surface area contributed by atoms with Gasteiger partial charge in [0.05, 0.1) is 24.6 Å². The number of methoxy groups -OCH3 is 1. The summed E-state index contributed by atoms with van der Waals surface area (Å²) in [5.74, 6) is -1.93. The van der Waals surface area contributed by atoms with Crippen LogP contribution in [0.3, 0.4) is 0 Å². The Morgan fingerprint density at radius 2 is 2.24 bits per heavy atom. The number of halogens is 1. The van der Waals surface area contributed by atoms with Gasteiger partial charge in [0.15, 0.2) is 11.7 Å². The third-order valence-corrected chi connectivity index (χ3v) is 2.96. The number of hydrogen-bond donors (Lipinski definition) is 0. The molecule has 2 rings (SSSR count). The molecule has 21 heavy (non-hydrogen) atoms. The summed E-state index contributed by atoms with van der Waals surface area (Å²) >= 11 is 0. The van der Waals surface area contributed by atoms with Crippen LogP contribution >= 0.6 is 0 Å². The largest absolute Gasteiger partial charge is 0.380 e. The van der Waals surface area contributed by atoms with Crippen LogP contribution in [0.15, 0.2) is 42.6 Å². The number of Topliss-reactive ketones (excluding diaryl/α,β-unsaturated/α-hetero) is 1. The Morgan fingerprint density at radius 3 is 2.86 bits per heavy atom. The maximum absolute atomic E-state index is 12.9. The Labute approximate surface area is 121 Å². The fraction of sp³-hybridized carbons (Fsp3) is 0.188. The van der Waals surface area contributed by atoms with E-state index in [1.165, 1.54) is 12.1 Å². The first-order valence-corrected chi connectivity index (χ1v) is 6.29. The number of ether oxygens (including phenoxy) is 1. The summed E-state index contributed by atoms with van der Waals surface area (Å²) in [5, 5.41) is 9.22. The van der Waals surface area contributed by atoms with Gasteiger partial charge in [0.25, 0.3) is 0 Å². The summed E-state index contributed by atoms with van der Waals surface area (Å²) in [7, 11) is 1.56. The molecule has 1 atom stereocenters. The highest BCUT2D eigenvalue weighted by Crippen LogP contribution is 2.20. The molecule has 0 bridgehead atoms. The van der Waals surface area contributed by atoms with E-state index in [9.17, 15) is 14.4 Å². The summed E-state index contributed by atoms with van der Waals surface area (Å²) in [6, 6.07) is 11.3. The molecule has 1 heterocycles. The monoisotopic (exact) mass is 284 g/mol. The van der Waals surface area contributed by atoms with Gasteiger partial charge in [0.2, 0.25) is 0 Å². The number of rotatable bonds is 5. The topological polar surface area (TPSA) is 63.0 Å². The summed E-state index contributed by atoms with van der Waals surface area (Å²) in [6.45, 7) is 0.382. The first-order chi connectivity index (χ1) is 10.2. The molecule has 0 N–H and O–H groups in total. The predicted molar refractivity (Wildman–Crippen MR) is 74.0 cm³/mol.